The number of hydrogen-bond donors (Lipinski definition) is 1. The zero-order valence-corrected chi connectivity index (χ0v) is 21.1. The molecule has 0 atom stereocenters. The van der Waals surface area contributed by atoms with Gasteiger partial charge in [0.1, 0.15) is 5.82 Å². The topological polar surface area (TPSA) is 114 Å². The maximum absolute atomic E-state index is 13.5. The molecule has 188 valence electrons. The van der Waals surface area contributed by atoms with E-state index in [1.807, 2.05) is 61.5 Å². The predicted octanol–water partition coefficient (Wildman–Crippen LogP) is 3.59. The summed E-state index contributed by atoms with van der Waals surface area (Å²) >= 11 is 0. The number of aryl methyl sites for hydroxylation is 1. The highest BCUT2D eigenvalue weighted by Gasteiger charge is 2.32. The van der Waals surface area contributed by atoms with Crippen molar-refractivity contribution in [1.82, 2.24) is 29.3 Å². The first-order valence-corrected chi connectivity index (χ1v) is 13.7. The average Bonchev–Trinajstić information content (AvgIpc) is 3.33. The molecule has 1 N–H and O–H groups in total. The fraction of sp³-hybridized carbons (Fsp3) is 0.259. The lowest BCUT2D eigenvalue weighted by atomic mass is 9.97. The minimum absolute atomic E-state index is 0.0706. The molecule has 3 heterocycles. The number of fused-ring (bicyclic) bond motifs is 2. The number of hydrogen-bond acceptors (Lipinski definition) is 6. The van der Waals surface area contributed by atoms with E-state index in [0.717, 1.165) is 21.9 Å². The third-order valence-corrected chi connectivity index (χ3v) is 9.01. The second kappa shape index (κ2) is 9.20. The van der Waals surface area contributed by atoms with Crippen LogP contribution < -0.4 is 5.56 Å². The fourth-order valence-corrected chi connectivity index (χ4v) is 6.66. The van der Waals surface area contributed by atoms with Gasteiger partial charge < -0.3 is 4.98 Å². The standard InChI is InChI=1S/C27H26N6O3S/c1-18-9-11-19(12-10-18)17-33-26-24(30-31-33)27(34)29-25(28-26)21-13-15-32(16-14-21)37(35,36)23-8-4-6-20-5-2-3-7-22(20)23/h2-12,21H,13-17H2,1H3,(H,28,29,34). The Morgan fingerprint density at radius 2 is 1.70 bits per heavy atom. The van der Waals surface area contributed by atoms with Crippen LogP contribution >= 0.6 is 0 Å². The summed E-state index contributed by atoms with van der Waals surface area (Å²) in [5, 5.41) is 9.81. The molecule has 1 aliphatic heterocycles. The highest BCUT2D eigenvalue weighted by molar-refractivity contribution is 7.89. The van der Waals surface area contributed by atoms with E-state index in [2.05, 4.69) is 15.3 Å². The first kappa shape index (κ1) is 23.5. The van der Waals surface area contributed by atoms with Gasteiger partial charge in [0.05, 0.1) is 11.4 Å². The lowest BCUT2D eigenvalue weighted by Crippen LogP contribution is -2.38. The van der Waals surface area contributed by atoms with Crippen LogP contribution in [0.4, 0.5) is 0 Å². The zero-order valence-electron chi connectivity index (χ0n) is 20.3. The number of sulfonamides is 1. The third kappa shape index (κ3) is 4.32. The van der Waals surface area contributed by atoms with Crippen molar-refractivity contribution in [3.05, 3.63) is 94.0 Å². The molecule has 0 saturated carbocycles. The minimum atomic E-state index is -3.66. The van der Waals surface area contributed by atoms with Gasteiger partial charge in [-0.25, -0.2) is 18.1 Å². The normalized spacial score (nSPS) is 15.5. The minimum Gasteiger partial charge on any atom is -0.308 e. The van der Waals surface area contributed by atoms with Crippen LogP contribution in [-0.2, 0) is 16.6 Å². The van der Waals surface area contributed by atoms with Crippen molar-refractivity contribution >= 4 is 32.0 Å². The number of piperidine rings is 1. The highest BCUT2D eigenvalue weighted by Crippen LogP contribution is 2.31. The van der Waals surface area contributed by atoms with E-state index in [-0.39, 0.29) is 17.0 Å². The molecule has 0 bridgehead atoms. The Labute approximate surface area is 213 Å². The maximum Gasteiger partial charge on any atom is 0.281 e. The molecule has 9 nitrogen and oxygen atoms in total. The van der Waals surface area contributed by atoms with Gasteiger partial charge in [0.25, 0.3) is 5.56 Å². The van der Waals surface area contributed by atoms with E-state index in [0.29, 0.717) is 48.8 Å². The zero-order chi connectivity index (χ0) is 25.6. The van der Waals surface area contributed by atoms with Gasteiger partial charge in [0.2, 0.25) is 10.0 Å². The van der Waals surface area contributed by atoms with Crippen LogP contribution in [0.2, 0.25) is 0 Å². The maximum atomic E-state index is 13.5. The van der Waals surface area contributed by atoms with E-state index in [4.69, 9.17) is 4.98 Å². The Balaban J connectivity index is 1.24. The summed E-state index contributed by atoms with van der Waals surface area (Å²) in [5.41, 5.74) is 2.50. The van der Waals surface area contributed by atoms with Crippen LogP contribution in [0, 0.1) is 6.92 Å². The van der Waals surface area contributed by atoms with Crippen molar-refractivity contribution in [2.75, 3.05) is 13.1 Å². The van der Waals surface area contributed by atoms with Gasteiger partial charge in [-0.15, -0.1) is 5.10 Å². The number of aromatic amines is 1. The van der Waals surface area contributed by atoms with Crippen LogP contribution in [0.15, 0.2) is 76.4 Å². The van der Waals surface area contributed by atoms with Crippen molar-refractivity contribution in [2.45, 2.75) is 37.1 Å². The van der Waals surface area contributed by atoms with Crippen molar-refractivity contribution in [2.24, 2.45) is 0 Å². The molecule has 0 amide bonds. The highest BCUT2D eigenvalue weighted by atomic mass is 32.2. The van der Waals surface area contributed by atoms with E-state index < -0.39 is 10.0 Å². The largest absolute Gasteiger partial charge is 0.308 e. The number of aromatic nitrogens is 5. The molecule has 2 aromatic heterocycles. The monoisotopic (exact) mass is 514 g/mol. The van der Waals surface area contributed by atoms with Gasteiger partial charge in [-0.3, -0.25) is 4.79 Å². The molecule has 37 heavy (non-hydrogen) atoms. The van der Waals surface area contributed by atoms with Gasteiger partial charge in [-0.2, -0.15) is 4.31 Å². The molecular formula is C27H26N6O3S. The first-order chi connectivity index (χ1) is 17.9. The number of benzene rings is 3. The SMILES string of the molecule is Cc1ccc(Cn2nnc3c(=O)[nH]c(C4CCN(S(=O)(=O)c5cccc6ccccc56)CC4)nc32)cc1. The molecular weight excluding hydrogens is 488 g/mol. The smallest absolute Gasteiger partial charge is 0.281 e. The van der Waals surface area contributed by atoms with E-state index in [1.54, 1.807) is 16.8 Å². The second-order valence-corrected chi connectivity index (χ2v) is 11.4. The van der Waals surface area contributed by atoms with Crippen molar-refractivity contribution in [3.8, 4) is 0 Å². The Morgan fingerprint density at radius 1 is 0.973 bits per heavy atom. The number of nitrogens with one attached hydrogen (secondary N) is 1. The summed E-state index contributed by atoms with van der Waals surface area (Å²) in [6, 6.07) is 21.0. The molecule has 1 saturated heterocycles. The number of rotatable bonds is 5. The molecule has 0 radical (unpaired) electrons. The molecule has 0 spiro atoms. The van der Waals surface area contributed by atoms with Gasteiger partial charge in [0.15, 0.2) is 11.2 Å². The predicted molar refractivity (Wildman–Crippen MR) is 141 cm³/mol. The Bertz CT molecular complexity index is 1760. The molecule has 1 aliphatic rings. The number of H-pyrrole nitrogens is 1. The second-order valence-electron chi connectivity index (χ2n) is 9.51. The van der Waals surface area contributed by atoms with Crippen molar-refractivity contribution in [1.29, 1.82) is 0 Å². The van der Waals surface area contributed by atoms with E-state index >= 15 is 0 Å². The van der Waals surface area contributed by atoms with Crippen molar-refractivity contribution < 1.29 is 8.42 Å². The molecule has 0 unspecified atom stereocenters. The fourth-order valence-electron chi connectivity index (χ4n) is 4.98. The van der Waals surface area contributed by atoms with E-state index in [1.165, 1.54) is 4.31 Å². The van der Waals surface area contributed by atoms with Gasteiger partial charge in [0, 0.05) is 24.4 Å². The lowest BCUT2D eigenvalue weighted by Gasteiger charge is -2.31. The summed E-state index contributed by atoms with van der Waals surface area (Å²) in [6.07, 6.45) is 1.11. The summed E-state index contributed by atoms with van der Waals surface area (Å²) in [6.45, 7) is 3.17. The summed E-state index contributed by atoms with van der Waals surface area (Å²) in [5.74, 6) is 0.478. The molecule has 3 aromatic carbocycles. The molecule has 5 aromatic rings. The quantitative estimate of drug-likeness (QED) is 0.383. The van der Waals surface area contributed by atoms with Gasteiger partial charge in [-0.05, 0) is 36.8 Å². The van der Waals surface area contributed by atoms with Crippen LogP contribution in [0.3, 0.4) is 0 Å². The number of nitrogens with zero attached hydrogens (tertiary/aromatic N) is 5. The Kier molecular flexibility index (Phi) is 5.85. The van der Waals surface area contributed by atoms with Gasteiger partial charge in [-0.1, -0.05) is 71.4 Å². The summed E-state index contributed by atoms with van der Waals surface area (Å²) in [7, 11) is -3.66. The van der Waals surface area contributed by atoms with Crippen LogP contribution in [0.1, 0.15) is 35.7 Å². The Morgan fingerprint density at radius 3 is 2.49 bits per heavy atom. The van der Waals surface area contributed by atoms with Crippen LogP contribution in [0.5, 0.6) is 0 Å². The van der Waals surface area contributed by atoms with Crippen molar-refractivity contribution in [3.63, 3.8) is 0 Å². The summed E-state index contributed by atoms with van der Waals surface area (Å²) in [4.78, 5) is 20.7. The van der Waals surface area contributed by atoms with Crippen LogP contribution in [-0.4, -0.2) is 50.8 Å². The first-order valence-electron chi connectivity index (χ1n) is 12.3. The van der Waals surface area contributed by atoms with E-state index in [9.17, 15) is 13.2 Å². The Hall–Kier alpha value is -3.89. The molecule has 6 rings (SSSR count). The lowest BCUT2D eigenvalue weighted by molar-refractivity contribution is 0.313. The summed E-state index contributed by atoms with van der Waals surface area (Å²) < 4.78 is 30.2. The molecule has 10 heteroatoms. The van der Waals surface area contributed by atoms with Crippen LogP contribution in [0.25, 0.3) is 21.9 Å². The van der Waals surface area contributed by atoms with Gasteiger partial charge >= 0.3 is 0 Å². The third-order valence-electron chi connectivity index (χ3n) is 7.05. The average molecular weight is 515 g/mol. The molecule has 0 aliphatic carbocycles. The molecule has 1 fully saturated rings.